The third-order valence-electron chi connectivity index (χ3n) is 3.60. The highest BCUT2D eigenvalue weighted by Gasteiger charge is 2.01. The molecule has 1 aromatic rings. The number of guanidine groups is 1. The van der Waals surface area contributed by atoms with Crippen molar-refractivity contribution in [1.82, 2.24) is 15.5 Å². The van der Waals surface area contributed by atoms with Crippen molar-refractivity contribution in [3.05, 3.63) is 24.3 Å². The molecule has 2 N–H and O–H groups in total. The summed E-state index contributed by atoms with van der Waals surface area (Å²) in [4.78, 5) is 6.48. The molecule has 1 rings (SSSR count). The lowest BCUT2D eigenvalue weighted by Crippen LogP contribution is -2.42. The highest BCUT2D eigenvalue weighted by molar-refractivity contribution is 5.79. The lowest BCUT2D eigenvalue weighted by atomic mass is 10.3. The zero-order valence-electron chi connectivity index (χ0n) is 15.9. The Balaban J connectivity index is 2.15. The number of rotatable bonds is 12. The van der Waals surface area contributed by atoms with Gasteiger partial charge in [0.15, 0.2) is 5.96 Å². The van der Waals surface area contributed by atoms with E-state index in [0.29, 0.717) is 13.2 Å². The summed E-state index contributed by atoms with van der Waals surface area (Å²) >= 11 is 0. The number of likely N-dealkylation sites (N-methyl/N-ethyl adjacent to an activating group) is 1. The monoisotopic (exact) mass is 352 g/mol. The van der Waals surface area contributed by atoms with Crippen LogP contribution in [0, 0.1) is 0 Å². The average Bonchev–Trinajstić information content (AvgIpc) is 2.64. The maximum atomic E-state index is 5.70. The molecule has 7 nitrogen and oxygen atoms in total. The second kappa shape index (κ2) is 13.3. The molecule has 0 aliphatic heterocycles. The zero-order chi connectivity index (χ0) is 18.3. The number of aliphatic imine (C=N–C) groups is 1. The SMILES string of the molecule is CN=C(NCCOc1cccc(OC)c1)NCCN(C)CCCOC. The van der Waals surface area contributed by atoms with Crippen LogP contribution in [0.4, 0.5) is 0 Å². The van der Waals surface area contributed by atoms with E-state index < -0.39 is 0 Å². The van der Waals surface area contributed by atoms with E-state index in [0.717, 1.165) is 50.1 Å². The number of nitrogens with zero attached hydrogens (tertiary/aromatic N) is 2. The molecule has 0 bridgehead atoms. The predicted molar refractivity (Wildman–Crippen MR) is 102 cm³/mol. The molecule has 142 valence electrons. The van der Waals surface area contributed by atoms with Crippen molar-refractivity contribution < 1.29 is 14.2 Å². The van der Waals surface area contributed by atoms with Crippen LogP contribution in [0.25, 0.3) is 0 Å². The van der Waals surface area contributed by atoms with Crippen LogP contribution in [0.1, 0.15) is 6.42 Å². The maximum absolute atomic E-state index is 5.70. The third kappa shape index (κ3) is 9.79. The highest BCUT2D eigenvalue weighted by atomic mass is 16.5. The Morgan fingerprint density at radius 3 is 2.56 bits per heavy atom. The van der Waals surface area contributed by atoms with E-state index in [4.69, 9.17) is 14.2 Å². The van der Waals surface area contributed by atoms with E-state index >= 15 is 0 Å². The molecule has 0 aliphatic carbocycles. The van der Waals surface area contributed by atoms with E-state index in [1.165, 1.54) is 0 Å². The number of nitrogens with one attached hydrogen (secondary N) is 2. The number of methoxy groups -OCH3 is 2. The fraction of sp³-hybridized carbons (Fsp3) is 0.611. The molecule has 0 radical (unpaired) electrons. The van der Waals surface area contributed by atoms with Crippen LogP contribution in [0.15, 0.2) is 29.3 Å². The molecule has 0 spiro atoms. The van der Waals surface area contributed by atoms with Gasteiger partial charge in [-0.2, -0.15) is 0 Å². The van der Waals surface area contributed by atoms with Crippen LogP contribution >= 0.6 is 0 Å². The molecule has 0 aliphatic rings. The summed E-state index contributed by atoms with van der Waals surface area (Å²) < 4.78 is 15.9. The summed E-state index contributed by atoms with van der Waals surface area (Å²) in [6.45, 7) is 4.82. The minimum absolute atomic E-state index is 0.546. The Hall–Kier alpha value is -1.99. The third-order valence-corrected chi connectivity index (χ3v) is 3.60. The van der Waals surface area contributed by atoms with Gasteiger partial charge in [-0.25, -0.2) is 0 Å². The van der Waals surface area contributed by atoms with Crippen molar-refractivity contribution >= 4 is 5.96 Å². The molecule has 7 heteroatoms. The molecule has 0 fully saturated rings. The number of benzene rings is 1. The maximum Gasteiger partial charge on any atom is 0.191 e. The van der Waals surface area contributed by atoms with E-state index in [2.05, 4.69) is 27.6 Å². The summed E-state index contributed by atoms with van der Waals surface area (Å²) in [5, 5.41) is 6.54. The van der Waals surface area contributed by atoms with Gasteiger partial charge in [-0.1, -0.05) is 6.07 Å². The lowest BCUT2D eigenvalue weighted by Gasteiger charge is -2.18. The van der Waals surface area contributed by atoms with Crippen molar-refractivity contribution in [3.8, 4) is 11.5 Å². The molecule has 0 saturated heterocycles. The van der Waals surface area contributed by atoms with Gasteiger partial charge in [0.1, 0.15) is 18.1 Å². The van der Waals surface area contributed by atoms with Crippen molar-refractivity contribution in [1.29, 1.82) is 0 Å². The standard InChI is InChI=1S/C18H32N4O3/c1-19-18(20-9-12-22(2)11-6-13-23-3)21-10-14-25-17-8-5-7-16(15-17)24-4/h5,7-8,15H,6,9-14H2,1-4H3,(H2,19,20,21). The topological polar surface area (TPSA) is 67.4 Å². The van der Waals surface area contributed by atoms with E-state index in [-0.39, 0.29) is 0 Å². The molecule has 1 aromatic carbocycles. The fourth-order valence-corrected chi connectivity index (χ4v) is 2.21. The summed E-state index contributed by atoms with van der Waals surface area (Å²) in [5.41, 5.74) is 0. The van der Waals surface area contributed by atoms with Gasteiger partial charge < -0.3 is 29.7 Å². The van der Waals surface area contributed by atoms with E-state index in [1.807, 2.05) is 24.3 Å². The molecule has 0 heterocycles. The number of ether oxygens (including phenoxy) is 3. The van der Waals surface area contributed by atoms with Gasteiger partial charge >= 0.3 is 0 Å². The van der Waals surface area contributed by atoms with Crippen molar-refractivity contribution in [2.24, 2.45) is 4.99 Å². The molecule has 0 saturated carbocycles. The van der Waals surface area contributed by atoms with Gasteiger partial charge in [0.2, 0.25) is 0 Å². The Morgan fingerprint density at radius 1 is 1.08 bits per heavy atom. The van der Waals surface area contributed by atoms with Crippen LogP contribution in [-0.4, -0.2) is 78.6 Å². The van der Waals surface area contributed by atoms with E-state index in [9.17, 15) is 0 Å². The molecule has 0 atom stereocenters. The van der Waals surface area contributed by atoms with E-state index in [1.54, 1.807) is 21.3 Å². The van der Waals surface area contributed by atoms with Gasteiger partial charge in [-0.05, 0) is 25.6 Å². The van der Waals surface area contributed by atoms with Crippen molar-refractivity contribution in [2.45, 2.75) is 6.42 Å². The first-order chi connectivity index (χ1) is 12.2. The summed E-state index contributed by atoms with van der Waals surface area (Å²) in [6.07, 6.45) is 1.04. The molecule has 25 heavy (non-hydrogen) atoms. The molecule has 0 aromatic heterocycles. The molecular formula is C18H32N4O3. The predicted octanol–water partition coefficient (Wildman–Crippen LogP) is 1.21. The summed E-state index contributed by atoms with van der Waals surface area (Å²) in [6, 6.07) is 7.58. The fourth-order valence-electron chi connectivity index (χ4n) is 2.21. The van der Waals surface area contributed by atoms with Gasteiger partial charge in [0.05, 0.1) is 13.7 Å². The van der Waals surface area contributed by atoms with Crippen LogP contribution < -0.4 is 20.1 Å². The number of hydrogen-bond acceptors (Lipinski definition) is 5. The first-order valence-electron chi connectivity index (χ1n) is 8.58. The van der Waals surface area contributed by atoms with Gasteiger partial charge in [-0.3, -0.25) is 4.99 Å². The lowest BCUT2D eigenvalue weighted by molar-refractivity contribution is 0.180. The second-order valence-electron chi connectivity index (χ2n) is 5.60. The number of hydrogen-bond donors (Lipinski definition) is 2. The normalized spacial score (nSPS) is 11.5. The van der Waals surface area contributed by atoms with Crippen molar-refractivity contribution in [3.63, 3.8) is 0 Å². The van der Waals surface area contributed by atoms with Crippen LogP contribution in [0.2, 0.25) is 0 Å². The first-order valence-corrected chi connectivity index (χ1v) is 8.58. The highest BCUT2D eigenvalue weighted by Crippen LogP contribution is 2.18. The largest absolute Gasteiger partial charge is 0.497 e. The minimum Gasteiger partial charge on any atom is -0.497 e. The molecular weight excluding hydrogens is 320 g/mol. The second-order valence-corrected chi connectivity index (χ2v) is 5.60. The quantitative estimate of drug-likeness (QED) is 0.335. The molecule has 0 unspecified atom stereocenters. The average molecular weight is 352 g/mol. The summed E-state index contributed by atoms with van der Waals surface area (Å²) in [7, 11) is 7.25. The van der Waals surface area contributed by atoms with Gasteiger partial charge in [0.25, 0.3) is 0 Å². The smallest absolute Gasteiger partial charge is 0.191 e. The van der Waals surface area contributed by atoms with Crippen LogP contribution in [0.5, 0.6) is 11.5 Å². The minimum atomic E-state index is 0.546. The van der Waals surface area contributed by atoms with Crippen LogP contribution in [0.3, 0.4) is 0 Å². The zero-order valence-corrected chi connectivity index (χ0v) is 15.9. The Kier molecular flexibility index (Phi) is 11.2. The van der Waals surface area contributed by atoms with Crippen LogP contribution in [-0.2, 0) is 4.74 Å². The molecule has 0 amide bonds. The van der Waals surface area contributed by atoms with Gasteiger partial charge in [-0.15, -0.1) is 0 Å². The summed E-state index contributed by atoms with van der Waals surface area (Å²) in [5.74, 6) is 2.36. The van der Waals surface area contributed by atoms with Crippen molar-refractivity contribution in [2.75, 3.05) is 67.7 Å². The first kappa shape index (κ1) is 21.1. The Labute approximate surface area is 151 Å². The van der Waals surface area contributed by atoms with Gasteiger partial charge in [0, 0.05) is 46.5 Å². The Bertz CT molecular complexity index is 497. The Morgan fingerprint density at radius 2 is 1.84 bits per heavy atom.